The number of para-hydroxylation sites is 1. The molecule has 1 aliphatic rings. The fourth-order valence-electron chi connectivity index (χ4n) is 2.35. The summed E-state index contributed by atoms with van der Waals surface area (Å²) in [5.41, 5.74) is 0.474. The van der Waals surface area contributed by atoms with Crippen LogP contribution in [-0.4, -0.2) is 55.5 Å². The first kappa shape index (κ1) is 16.0. The van der Waals surface area contributed by atoms with Gasteiger partial charge in [0.25, 0.3) is 0 Å². The molecule has 22 heavy (non-hydrogen) atoms. The fraction of sp³-hybridized carbons (Fsp3) is 0.400. The predicted molar refractivity (Wildman–Crippen MR) is 82.8 cm³/mol. The summed E-state index contributed by atoms with van der Waals surface area (Å²) in [6, 6.07) is 7.69. The molecule has 1 saturated heterocycles. The van der Waals surface area contributed by atoms with Gasteiger partial charge in [-0.3, -0.25) is 0 Å². The lowest BCUT2D eigenvalue weighted by Gasteiger charge is -2.37. The van der Waals surface area contributed by atoms with E-state index in [1.807, 2.05) is 13.0 Å². The number of urea groups is 2. The summed E-state index contributed by atoms with van der Waals surface area (Å²) in [5.74, 6) is 0. The highest BCUT2D eigenvalue weighted by atomic mass is 16.2. The normalized spacial score (nSPS) is 17.7. The van der Waals surface area contributed by atoms with Crippen LogP contribution in [0.2, 0.25) is 0 Å². The number of hydrogen-bond acceptors (Lipinski definition) is 4. The van der Waals surface area contributed by atoms with Crippen molar-refractivity contribution in [3.63, 3.8) is 0 Å². The second kappa shape index (κ2) is 7.56. The van der Waals surface area contributed by atoms with Crippen molar-refractivity contribution in [1.29, 1.82) is 0 Å². The molecule has 1 unspecified atom stereocenters. The number of imide groups is 1. The van der Waals surface area contributed by atoms with E-state index in [9.17, 15) is 14.4 Å². The average Bonchev–Trinajstić information content (AvgIpc) is 2.54. The Balaban J connectivity index is 2.25. The molecule has 1 fully saturated rings. The van der Waals surface area contributed by atoms with Crippen LogP contribution in [-0.2, 0) is 4.79 Å². The second-order valence-corrected chi connectivity index (χ2v) is 5.05. The molecule has 1 aliphatic heterocycles. The van der Waals surface area contributed by atoms with Gasteiger partial charge in [-0.05, 0) is 19.1 Å². The number of nitrogens with zero attached hydrogens (tertiary/aromatic N) is 2. The molecule has 7 nitrogen and oxygen atoms in total. The molecule has 2 rings (SSSR count). The topological polar surface area (TPSA) is 81.8 Å². The smallest absolute Gasteiger partial charge is 0.330 e. The van der Waals surface area contributed by atoms with Crippen molar-refractivity contribution < 1.29 is 14.4 Å². The van der Waals surface area contributed by atoms with Gasteiger partial charge in [0.05, 0.1) is 12.2 Å². The number of amides is 4. The van der Waals surface area contributed by atoms with E-state index in [-0.39, 0.29) is 18.6 Å². The van der Waals surface area contributed by atoms with E-state index in [0.29, 0.717) is 31.6 Å². The number of nitrogens with one attached hydrogen (secondary N) is 2. The number of hydrogen-bond donors (Lipinski definition) is 2. The van der Waals surface area contributed by atoms with Crippen molar-refractivity contribution in [3.05, 3.63) is 30.3 Å². The number of aldehydes is 1. The minimum Gasteiger partial charge on any atom is -0.330 e. The third kappa shape index (κ3) is 3.62. The molecule has 1 aromatic rings. The molecule has 4 amide bonds. The standard InChI is InChI=1S/C15H20N4O3/c1-12-11-16-7-9-18(12)15(22)19(14(21)17-8-10-20)13-5-3-2-4-6-13/h2-6,10,12,16H,7-9,11H2,1H3,(H,17,21). The number of benzene rings is 1. The summed E-state index contributed by atoms with van der Waals surface area (Å²) >= 11 is 0. The molecule has 0 radical (unpaired) electrons. The van der Waals surface area contributed by atoms with Gasteiger partial charge in [0, 0.05) is 25.7 Å². The molecular formula is C15H20N4O3. The summed E-state index contributed by atoms with van der Waals surface area (Å²) in [5, 5.41) is 5.62. The third-order valence-corrected chi connectivity index (χ3v) is 3.49. The summed E-state index contributed by atoms with van der Waals surface area (Å²) in [6.07, 6.45) is 0.582. The van der Waals surface area contributed by atoms with Crippen LogP contribution in [0.25, 0.3) is 0 Å². The van der Waals surface area contributed by atoms with Gasteiger partial charge in [0.2, 0.25) is 0 Å². The SMILES string of the molecule is CC1CNCCN1C(=O)N(C(=O)NCC=O)c1ccccc1. The van der Waals surface area contributed by atoms with E-state index in [0.717, 1.165) is 4.90 Å². The van der Waals surface area contributed by atoms with Gasteiger partial charge in [0.15, 0.2) is 0 Å². The Morgan fingerprint density at radius 1 is 1.41 bits per heavy atom. The van der Waals surface area contributed by atoms with Gasteiger partial charge >= 0.3 is 12.1 Å². The van der Waals surface area contributed by atoms with Crippen LogP contribution >= 0.6 is 0 Å². The van der Waals surface area contributed by atoms with Crippen LogP contribution in [0.4, 0.5) is 15.3 Å². The average molecular weight is 304 g/mol. The minimum absolute atomic E-state index is 0.00802. The van der Waals surface area contributed by atoms with Crippen LogP contribution < -0.4 is 15.5 Å². The van der Waals surface area contributed by atoms with Gasteiger partial charge in [-0.1, -0.05) is 18.2 Å². The molecule has 2 N–H and O–H groups in total. The Hall–Kier alpha value is -2.41. The first-order chi connectivity index (χ1) is 10.6. The summed E-state index contributed by atoms with van der Waals surface area (Å²) in [7, 11) is 0. The molecule has 118 valence electrons. The number of anilines is 1. The van der Waals surface area contributed by atoms with Gasteiger partial charge in [-0.2, -0.15) is 0 Å². The van der Waals surface area contributed by atoms with E-state index < -0.39 is 6.03 Å². The van der Waals surface area contributed by atoms with Crippen LogP contribution in [0.5, 0.6) is 0 Å². The predicted octanol–water partition coefficient (Wildman–Crippen LogP) is 0.815. The first-order valence-electron chi connectivity index (χ1n) is 7.23. The number of piperazine rings is 1. The van der Waals surface area contributed by atoms with Gasteiger partial charge < -0.3 is 20.3 Å². The molecule has 0 spiro atoms. The van der Waals surface area contributed by atoms with Crippen LogP contribution in [0.1, 0.15) is 6.92 Å². The minimum atomic E-state index is -0.603. The van der Waals surface area contributed by atoms with Crippen molar-refractivity contribution in [2.45, 2.75) is 13.0 Å². The Labute approximate surface area is 129 Å². The van der Waals surface area contributed by atoms with Crippen LogP contribution in [0, 0.1) is 0 Å². The van der Waals surface area contributed by atoms with Crippen molar-refractivity contribution in [1.82, 2.24) is 15.5 Å². The summed E-state index contributed by atoms with van der Waals surface area (Å²) < 4.78 is 0. The largest absolute Gasteiger partial charge is 0.333 e. The summed E-state index contributed by atoms with van der Waals surface area (Å²) in [4.78, 5) is 38.3. The van der Waals surface area contributed by atoms with Crippen LogP contribution in [0.3, 0.4) is 0 Å². The lowest BCUT2D eigenvalue weighted by Crippen LogP contribution is -2.58. The zero-order valence-corrected chi connectivity index (χ0v) is 12.5. The van der Waals surface area contributed by atoms with Gasteiger partial charge in [-0.25, -0.2) is 14.5 Å². The zero-order valence-electron chi connectivity index (χ0n) is 12.5. The van der Waals surface area contributed by atoms with Gasteiger partial charge in [-0.15, -0.1) is 0 Å². The maximum Gasteiger partial charge on any atom is 0.333 e. The second-order valence-electron chi connectivity index (χ2n) is 5.05. The Morgan fingerprint density at radius 2 is 2.14 bits per heavy atom. The molecule has 0 aromatic heterocycles. The molecule has 0 bridgehead atoms. The molecule has 1 atom stereocenters. The number of rotatable bonds is 3. The van der Waals surface area contributed by atoms with Crippen molar-refractivity contribution >= 4 is 24.0 Å². The summed E-state index contributed by atoms with van der Waals surface area (Å²) in [6.45, 7) is 3.70. The highest BCUT2D eigenvalue weighted by Crippen LogP contribution is 2.17. The van der Waals surface area contributed by atoms with Crippen LogP contribution in [0.15, 0.2) is 30.3 Å². The zero-order chi connectivity index (χ0) is 15.9. The Morgan fingerprint density at radius 3 is 2.77 bits per heavy atom. The molecular weight excluding hydrogens is 284 g/mol. The van der Waals surface area contributed by atoms with E-state index in [4.69, 9.17) is 0 Å². The molecule has 0 saturated carbocycles. The highest BCUT2D eigenvalue weighted by molar-refractivity contribution is 6.13. The van der Waals surface area contributed by atoms with Gasteiger partial charge in [0.1, 0.15) is 6.29 Å². The third-order valence-electron chi connectivity index (χ3n) is 3.49. The molecule has 1 aromatic carbocycles. The number of carbonyl (C=O) groups is 3. The maximum atomic E-state index is 12.8. The molecule has 7 heteroatoms. The maximum absolute atomic E-state index is 12.8. The van der Waals surface area contributed by atoms with E-state index in [2.05, 4.69) is 10.6 Å². The number of carbonyl (C=O) groups excluding carboxylic acids is 3. The van der Waals surface area contributed by atoms with E-state index in [1.165, 1.54) is 0 Å². The van der Waals surface area contributed by atoms with Crippen molar-refractivity contribution in [2.75, 3.05) is 31.1 Å². The molecule has 0 aliphatic carbocycles. The Bertz CT molecular complexity index is 535. The first-order valence-corrected chi connectivity index (χ1v) is 7.23. The Kier molecular flexibility index (Phi) is 5.48. The van der Waals surface area contributed by atoms with Crippen molar-refractivity contribution in [2.24, 2.45) is 0 Å². The lowest BCUT2D eigenvalue weighted by molar-refractivity contribution is -0.107. The molecule has 1 heterocycles. The van der Waals surface area contributed by atoms with Crippen molar-refractivity contribution in [3.8, 4) is 0 Å². The van der Waals surface area contributed by atoms with E-state index >= 15 is 0 Å². The van der Waals surface area contributed by atoms with E-state index in [1.54, 1.807) is 29.2 Å². The quantitative estimate of drug-likeness (QED) is 0.810. The monoisotopic (exact) mass is 304 g/mol. The lowest BCUT2D eigenvalue weighted by atomic mass is 10.2. The fourth-order valence-corrected chi connectivity index (χ4v) is 2.35. The highest BCUT2D eigenvalue weighted by Gasteiger charge is 2.31.